The molecule has 0 saturated heterocycles. The summed E-state index contributed by atoms with van der Waals surface area (Å²) < 4.78 is 10.0. The summed E-state index contributed by atoms with van der Waals surface area (Å²) in [4.78, 5) is 23.6. The Balaban J connectivity index is 2.03. The maximum Gasteiger partial charge on any atom is 0.329 e. The average Bonchev–Trinajstić information content (AvgIpc) is 2.78. The summed E-state index contributed by atoms with van der Waals surface area (Å²) in [5.41, 5.74) is 0.329. The van der Waals surface area contributed by atoms with E-state index in [2.05, 4.69) is 15.2 Å². The highest BCUT2D eigenvalue weighted by Crippen LogP contribution is 2.15. The molecule has 2 aromatic heterocycles. The highest BCUT2D eigenvalue weighted by atomic mass is 16.5. The number of hydrogen-bond acceptors (Lipinski definition) is 6. The number of aromatic amines is 1. The van der Waals surface area contributed by atoms with Crippen molar-refractivity contribution < 1.29 is 19.1 Å². The Bertz CT molecular complexity index is 583. The average molecular weight is 251 g/mol. The Morgan fingerprint density at radius 1 is 1.44 bits per heavy atom. The van der Waals surface area contributed by atoms with Gasteiger partial charge < -0.3 is 19.2 Å². The van der Waals surface area contributed by atoms with Crippen LogP contribution in [-0.2, 0) is 16.1 Å². The van der Waals surface area contributed by atoms with Crippen molar-refractivity contribution in [2.75, 3.05) is 6.61 Å². The SMILES string of the molecule is O=C(O)COCc1nnc(-c2ccc(=O)[nH]c2)o1. The molecule has 18 heavy (non-hydrogen) atoms. The van der Waals surface area contributed by atoms with E-state index < -0.39 is 12.6 Å². The summed E-state index contributed by atoms with van der Waals surface area (Å²) in [5.74, 6) is -0.687. The highest BCUT2D eigenvalue weighted by molar-refractivity contribution is 5.67. The van der Waals surface area contributed by atoms with Crippen LogP contribution < -0.4 is 5.56 Å². The fourth-order valence-corrected chi connectivity index (χ4v) is 1.20. The topological polar surface area (TPSA) is 118 Å². The first-order chi connectivity index (χ1) is 8.65. The molecule has 94 valence electrons. The molecule has 0 bridgehead atoms. The zero-order valence-electron chi connectivity index (χ0n) is 9.12. The summed E-state index contributed by atoms with van der Waals surface area (Å²) in [6.07, 6.45) is 1.44. The molecule has 2 rings (SSSR count). The molecule has 0 unspecified atom stereocenters. The van der Waals surface area contributed by atoms with Crippen LogP contribution in [-0.4, -0.2) is 32.9 Å². The van der Waals surface area contributed by atoms with Crippen LogP contribution >= 0.6 is 0 Å². The van der Waals surface area contributed by atoms with E-state index in [1.165, 1.54) is 18.3 Å². The second-order valence-electron chi connectivity index (χ2n) is 3.33. The lowest BCUT2D eigenvalue weighted by molar-refractivity contribution is -0.142. The third kappa shape index (κ3) is 3.01. The number of aromatic nitrogens is 3. The van der Waals surface area contributed by atoms with Crippen molar-refractivity contribution in [1.29, 1.82) is 0 Å². The molecule has 0 amide bonds. The van der Waals surface area contributed by atoms with Crippen molar-refractivity contribution in [1.82, 2.24) is 15.2 Å². The molecule has 8 nitrogen and oxygen atoms in total. The first-order valence-electron chi connectivity index (χ1n) is 4.96. The second kappa shape index (κ2) is 5.23. The van der Waals surface area contributed by atoms with Gasteiger partial charge in [0.05, 0.1) is 5.56 Å². The number of carbonyl (C=O) groups is 1. The largest absolute Gasteiger partial charge is 0.480 e. The van der Waals surface area contributed by atoms with Gasteiger partial charge in [0.25, 0.3) is 0 Å². The number of carboxylic acid groups (broad SMARTS) is 1. The maximum atomic E-state index is 10.9. The van der Waals surface area contributed by atoms with Crippen LogP contribution in [0.5, 0.6) is 0 Å². The van der Waals surface area contributed by atoms with Crippen LogP contribution in [0.1, 0.15) is 5.89 Å². The minimum Gasteiger partial charge on any atom is -0.480 e. The quantitative estimate of drug-likeness (QED) is 0.769. The molecular formula is C10H9N3O5. The van der Waals surface area contributed by atoms with Gasteiger partial charge in [-0.3, -0.25) is 4.79 Å². The van der Waals surface area contributed by atoms with Crippen molar-refractivity contribution in [2.45, 2.75) is 6.61 Å². The highest BCUT2D eigenvalue weighted by Gasteiger charge is 2.09. The lowest BCUT2D eigenvalue weighted by atomic mass is 10.3. The second-order valence-corrected chi connectivity index (χ2v) is 3.33. The van der Waals surface area contributed by atoms with E-state index in [9.17, 15) is 9.59 Å². The minimum absolute atomic E-state index is 0.0807. The molecule has 2 N–H and O–H groups in total. The van der Waals surface area contributed by atoms with Crippen LogP contribution in [0, 0.1) is 0 Å². The van der Waals surface area contributed by atoms with Gasteiger partial charge >= 0.3 is 5.97 Å². The van der Waals surface area contributed by atoms with E-state index in [0.717, 1.165) is 0 Å². The van der Waals surface area contributed by atoms with Crippen LogP contribution in [0.3, 0.4) is 0 Å². The third-order valence-corrected chi connectivity index (χ3v) is 1.95. The van der Waals surface area contributed by atoms with Crippen LogP contribution in [0.4, 0.5) is 0 Å². The molecule has 0 spiro atoms. The molecule has 2 heterocycles. The Labute approximate surface area is 100 Å². The number of aliphatic carboxylic acids is 1. The van der Waals surface area contributed by atoms with Crippen molar-refractivity contribution in [3.63, 3.8) is 0 Å². The summed E-state index contributed by atoms with van der Waals surface area (Å²) in [6.45, 7) is -0.515. The predicted octanol–water partition coefficient (Wildman–Crippen LogP) is 0.0261. The number of carboxylic acids is 1. The normalized spacial score (nSPS) is 10.4. The van der Waals surface area contributed by atoms with E-state index >= 15 is 0 Å². The van der Waals surface area contributed by atoms with Crippen molar-refractivity contribution in [2.24, 2.45) is 0 Å². The van der Waals surface area contributed by atoms with Crippen molar-refractivity contribution >= 4 is 5.97 Å². The monoisotopic (exact) mass is 251 g/mol. The first kappa shape index (κ1) is 12.0. The van der Waals surface area contributed by atoms with Crippen molar-refractivity contribution in [3.8, 4) is 11.5 Å². The summed E-state index contributed by atoms with van der Waals surface area (Å²) in [6, 6.07) is 2.87. The number of H-pyrrole nitrogens is 1. The molecule has 0 fully saturated rings. The molecule has 0 aliphatic heterocycles. The van der Waals surface area contributed by atoms with Gasteiger partial charge in [0, 0.05) is 12.3 Å². The number of rotatable bonds is 5. The molecule has 0 radical (unpaired) electrons. The van der Waals surface area contributed by atoms with Gasteiger partial charge in [0.1, 0.15) is 13.2 Å². The van der Waals surface area contributed by atoms with Gasteiger partial charge in [0.15, 0.2) is 0 Å². The maximum absolute atomic E-state index is 10.9. The number of ether oxygens (including phenoxy) is 1. The molecule has 0 aliphatic carbocycles. The standard InChI is InChI=1S/C10H9N3O5/c14-7-2-1-6(3-11-7)10-13-12-8(18-10)4-17-5-9(15)16/h1-3H,4-5H2,(H,11,14)(H,15,16). The van der Waals surface area contributed by atoms with E-state index in [-0.39, 0.29) is 23.9 Å². The van der Waals surface area contributed by atoms with Gasteiger partial charge in [-0.2, -0.15) is 0 Å². The summed E-state index contributed by atoms with van der Waals surface area (Å²) >= 11 is 0. The van der Waals surface area contributed by atoms with Gasteiger partial charge in [-0.05, 0) is 6.07 Å². The molecule has 0 atom stereocenters. The van der Waals surface area contributed by atoms with E-state index in [4.69, 9.17) is 14.3 Å². The summed E-state index contributed by atoms with van der Waals surface area (Å²) in [5, 5.41) is 15.8. The Morgan fingerprint density at radius 3 is 2.94 bits per heavy atom. The Hall–Kier alpha value is -2.48. The number of nitrogens with zero attached hydrogens (tertiary/aromatic N) is 2. The van der Waals surface area contributed by atoms with Gasteiger partial charge in [-0.25, -0.2) is 4.79 Å². The van der Waals surface area contributed by atoms with Crippen LogP contribution in [0.25, 0.3) is 11.5 Å². The number of hydrogen-bond donors (Lipinski definition) is 2. The van der Waals surface area contributed by atoms with E-state index in [1.807, 2.05) is 0 Å². The van der Waals surface area contributed by atoms with Gasteiger partial charge in [-0.15, -0.1) is 10.2 Å². The lowest BCUT2D eigenvalue weighted by Crippen LogP contribution is -2.06. The first-order valence-corrected chi connectivity index (χ1v) is 4.96. The van der Waals surface area contributed by atoms with Crippen LogP contribution in [0.15, 0.2) is 27.5 Å². The zero-order chi connectivity index (χ0) is 13.0. The number of pyridine rings is 1. The zero-order valence-corrected chi connectivity index (χ0v) is 9.12. The van der Waals surface area contributed by atoms with E-state index in [0.29, 0.717) is 5.56 Å². The molecule has 0 saturated carbocycles. The predicted molar refractivity (Wildman–Crippen MR) is 57.6 cm³/mol. The number of nitrogens with one attached hydrogen (secondary N) is 1. The molecular weight excluding hydrogens is 242 g/mol. The lowest BCUT2D eigenvalue weighted by Gasteiger charge is -1.95. The molecule has 2 aromatic rings. The van der Waals surface area contributed by atoms with Gasteiger partial charge in [0.2, 0.25) is 17.3 Å². The minimum atomic E-state index is -1.07. The fourth-order valence-electron chi connectivity index (χ4n) is 1.20. The third-order valence-electron chi connectivity index (χ3n) is 1.95. The molecule has 0 aliphatic rings. The summed E-state index contributed by atoms with van der Waals surface area (Å²) in [7, 11) is 0. The van der Waals surface area contributed by atoms with E-state index in [1.54, 1.807) is 0 Å². The fraction of sp³-hybridized carbons (Fsp3) is 0.200. The Morgan fingerprint density at radius 2 is 2.28 bits per heavy atom. The molecule has 8 heteroatoms. The smallest absolute Gasteiger partial charge is 0.329 e. The Kier molecular flexibility index (Phi) is 3.49. The van der Waals surface area contributed by atoms with Crippen molar-refractivity contribution in [3.05, 3.63) is 34.6 Å². The molecule has 0 aromatic carbocycles. The van der Waals surface area contributed by atoms with Crippen LogP contribution in [0.2, 0.25) is 0 Å². The van der Waals surface area contributed by atoms with Gasteiger partial charge in [-0.1, -0.05) is 0 Å².